The van der Waals surface area contributed by atoms with E-state index < -0.39 is 0 Å². The van der Waals surface area contributed by atoms with Gasteiger partial charge in [0.15, 0.2) is 0 Å². The van der Waals surface area contributed by atoms with E-state index in [2.05, 4.69) is 43.0 Å². The van der Waals surface area contributed by atoms with Gasteiger partial charge in [-0.2, -0.15) is 0 Å². The van der Waals surface area contributed by atoms with Gasteiger partial charge in [-0.05, 0) is 50.0 Å². The summed E-state index contributed by atoms with van der Waals surface area (Å²) in [6, 6.07) is 5.82. The van der Waals surface area contributed by atoms with Gasteiger partial charge < -0.3 is 9.80 Å². The molecular weight excluding hydrogens is 346 g/mol. The van der Waals surface area contributed by atoms with E-state index in [1.165, 1.54) is 0 Å². The standard InChI is InChI=1S/C20H22ClN5/c21-18-14-17-16(8-6-11-22-17)20(24-18)26-13-7-12-25(15-26)19-9-4-2-1-3-5-10-23-19/h3,5-6,8-11,14H,1-2,4,7,12-13,15H2/b5-3+,19-9?,23-10?. The average Bonchev–Trinajstić information content (AvgIpc) is 2.81. The van der Waals surface area contributed by atoms with Crippen molar-refractivity contribution in [3.8, 4) is 0 Å². The number of hydrogen-bond acceptors (Lipinski definition) is 5. The molecule has 5 nitrogen and oxygen atoms in total. The molecule has 1 fully saturated rings. The third-order valence-electron chi connectivity index (χ3n) is 4.70. The highest BCUT2D eigenvalue weighted by atomic mass is 35.5. The van der Waals surface area contributed by atoms with Gasteiger partial charge >= 0.3 is 0 Å². The van der Waals surface area contributed by atoms with E-state index in [9.17, 15) is 0 Å². The molecule has 6 heteroatoms. The van der Waals surface area contributed by atoms with Crippen molar-refractivity contribution in [1.29, 1.82) is 0 Å². The van der Waals surface area contributed by atoms with Crippen molar-refractivity contribution in [2.75, 3.05) is 24.7 Å². The van der Waals surface area contributed by atoms with E-state index in [4.69, 9.17) is 11.6 Å². The molecule has 0 spiro atoms. The van der Waals surface area contributed by atoms with Gasteiger partial charge in [0.2, 0.25) is 0 Å². The van der Waals surface area contributed by atoms with Gasteiger partial charge in [-0.1, -0.05) is 17.7 Å². The van der Waals surface area contributed by atoms with Crippen LogP contribution in [0.4, 0.5) is 5.82 Å². The molecule has 4 rings (SSSR count). The zero-order chi connectivity index (χ0) is 17.8. The monoisotopic (exact) mass is 367 g/mol. The minimum absolute atomic E-state index is 0.480. The average molecular weight is 368 g/mol. The number of nitrogens with zero attached hydrogens (tertiary/aromatic N) is 5. The summed E-state index contributed by atoms with van der Waals surface area (Å²) in [5.74, 6) is 1.95. The van der Waals surface area contributed by atoms with E-state index in [0.29, 0.717) is 5.15 Å². The first-order valence-corrected chi connectivity index (χ1v) is 9.49. The minimum Gasteiger partial charge on any atom is -0.339 e. The van der Waals surface area contributed by atoms with E-state index in [1.807, 2.05) is 24.4 Å². The number of pyridine rings is 2. The predicted molar refractivity (Wildman–Crippen MR) is 108 cm³/mol. The first-order chi connectivity index (χ1) is 12.8. The van der Waals surface area contributed by atoms with E-state index >= 15 is 0 Å². The van der Waals surface area contributed by atoms with Crippen LogP contribution in [0.5, 0.6) is 0 Å². The Hall–Kier alpha value is -2.40. The van der Waals surface area contributed by atoms with Crippen LogP contribution in [0, 0.1) is 0 Å². The Labute approximate surface area is 158 Å². The topological polar surface area (TPSA) is 44.6 Å². The van der Waals surface area contributed by atoms with Crippen molar-refractivity contribution in [2.24, 2.45) is 4.99 Å². The number of fused-ring (bicyclic) bond motifs is 1. The normalized spacial score (nSPS) is 19.7. The van der Waals surface area contributed by atoms with Gasteiger partial charge in [-0.15, -0.1) is 0 Å². The smallest absolute Gasteiger partial charge is 0.141 e. The molecule has 0 N–H and O–H groups in total. The lowest BCUT2D eigenvalue weighted by atomic mass is 10.2. The summed E-state index contributed by atoms with van der Waals surface area (Å²) in [6.45, 7) is 2.70. The van der Waals surface area contributed by atoms with Crippen LogP contribution in [-0.4, -0.2) is 40.8 Å². The lowest BCUT2D eigenvalue weighted by Gasteiger charge is -2.38. The van der Waals surface area contributed by atoms with E-state index in [0.717, 1.165) is 68.0 Å². The minimum atomic E-state index is 0.480. The highest BCUT2D eigenvalue weighted by Gasteiger charge is 2.22. The Morgan fingerprint density at radius 1 is 1.08 bits per heavy atom. The second-order valence-electron chi connectivity index (χ2n) is 6.56. The lowest BCUT2D eigenvalue weighted by molar-refractivity contribution is 0.296. The third kappa shape index (κ3) is 3.73. The molecule has 0 amide bonds. The van der Waals surface area contributed by atoms with Crippen molar-refractivity contribution >= 4 is 34.5 Å². The maximum Gasteiger partial charge on any atom is 0.141 e. The van der Waals surface area contributed by atoms with Gasteiger partial charge in [0.1, 0.15) is 16.8 Å². The van der Waals surface area contributed by atoms with E-state index in [1.54, 1.807) is 6.20 Å². The largest absolute Gasteiger partial charge is 0.339 e. The number of halogens is 1. The van der Waals surface area contributed by atoms with Crippen LogP contribution in [0.25, 0.3) is 10.9 Å². The van der Waals surface area contributed by atoms with Gasteiger partial charge in [-0.25, -0.2) is 9.98 Å². The summed E-state index contributed by atoms with van der Waals surface area (Å²) in [6.07, 6.45) is 14.5. The number of anilines is 1. The Bertz CT molecular complexity index is 874. The zero-order valence-electron chi connectivity index (χ0n) is 14.7. The highest BCUT2D eigenvalue weighted by Crippen LogP contribution is 2.28. The van der Waals surface area contributed by atoms with Crippen LogP contribution in [0.3, 0.4) is 0 Å². The predicted octanol–water partition coefficient (Wildman–Crippen LogP) is 4.41. The maximum atomic E-state index is 6.25. The molecule has 4 heterocycles. The number of aromatic nitrogens is 2. The lowest BCUT2D eigenvalue weighted by Crippen LogP contribution is -2.44. The molecule has 2 aliphatic heterocycles. The molecule has 0 atom stereocenters. The summed E-state index contributed by atoms with van der Waals surface area (Å²) in [7, 11) is 0. The molecule has 0 saturated carbocycles. The molecule has 0 aromatic carbocycles. The fraction of sp³-hybridized carbons (Fsp3) is 0.350. The summed E-state index contributed by atoms with van der Waals surface area (Å²) in [4.78, 5) is 18.3. The van der Waals surface area contributed by atoms with Crippen LogP contribution in [-0.2, 0) is 0 Å². The van der Waals surface area contributed by atoms with Crippen LogP contribution < -0.4 is 4.90 Å². The molecule has 26 heavy (non-hydrogen) atoms. The molecule has 0 radical (unpaired) electrons. The molecule has 0 bridgehead atoms. The number of allylic oxidation sites excluding steroid dienone is 3. The molecule has 2 aliphatic rings. The highest BCUT2D eigenvalue weighted by molar-refractivity contribution is 6.30. The van der Waals surface area contributed by atoms with Gasteiger partial charge in [0.25, 0.3) is 0 Å². The number of rotatable bonds is 2. The van der Waals surface area contributed by atoms with Gasteiger partial charge in [0.05, 0.1) is 12.2 Å². The maximum absolute atomic E-state index is 6.25. The van der Waals surface area contributed by atoms with Crippen LogP contribution in [0.2, 0.25) is 5.15 Å². The molecule has 2 aromatic heterocycles. The molecule has 1 saturated heterocycles. The Balaban J connectivity index is 1.63. The fourth-order valence-electron chi connectivity index (χ4n) is 3.44. The van der Waals surface area contributed by atoms with Crippen LogP contribution >= 0.6 is 11.6 Å². The van der Waals surface area contributed by atoms with Gasteiger partial charge in [0, 0.05) is 37.0 Å². The molecule has 0 unspecified atom stereocenters. The van der Waals surface area contributed by atoms with E-state index in [-0.39, 0.29) is 0 Å². The summed E-state index contributed by atoms with van der Waals surface area (Å²) in [5.41, 5.74) is 0.879. The second kappa shape index (κ2) is 7.87. The number of hydrogen-bond donors (Lipinski definition) is 0. The molecule has 2 aromatic rings. The van der Waals surface area contributed by atoms with Crippen molar-refractivity contribution in [2.45, 2.75) is 25.7 Å². The molecule has 134 valence electrons. The third-order valence-corrected chi connectivity index (χ3v) is 4.89. The SMILES string of the molecule is Clc1cc2ncccc2c(N2CCCN(C3=CCCC/C=C/C=N3)C2)n1. The van der Waals surface area contributed by atoms with Crippen LogP contribution in [0.1, 0.15) is 25.7 Å². The first-order valence-electron chi connectivity index (χ1n) is 9.12. The fourth-order valence-corrected chi connectivity index (χ4v) is 3.62. The van der Waals surface area contributed by atoms with Crippen molar-refractivity contribution in [3.63, 3.8) is 0 Å². The second-order valence-corrected chi connectivity index (χ2v) is 6.95. The summed E-state index contributed by atoms with van der Waals surface area (Å²) < 4.78 is 0. The first kappa shape index (κ1) is 17.0. The quantitative estimate of drug-likeness (QED) is 0.738. The Morgan fingerprint density at radius 3 is 2.96 bits per heavy atom. The number of aliphatic imine (C=N–C) groups is 1. The Morgan fingerprint density at radius 2 is 2.00 bits per heavy atom. The van der Waals surface area contributed by atoms with Crippen molar-refractivity contribution in [1.82, 2.24) is 14.9 Å². The summed E-state index contributed by atoms with van der Waals surface area (Å²) >= 11 is 6.25. The van der Waals surface area contributed by atoms with Crippen molar-refractivity contribution in [3.05, 3.63) is 53.6 Å². The summed E-state index contributed by atoms with van der Waals surface area (Å²) in [5, 5.41) is 1.52. The molecule has 0 aliphatic carbocycles. The Kier molecular flexibility index (Phi) is 5.16. The van der Waals surface area contributed by atoms with Gasteiger partial charge in [-0.3, -0.25) is 4.98 Å². The van der Waals surface area contributed by atoms with Crippen molar-refractivity contribution < 1.29 is 0 Å². The zero-order valence-corrected chi connectivity index (χ0v) is 15.4. The van der Waals surface area contributed by atoms with Crippen LogP contribution in [0.15, 0.2) is 53.4 Å². The molecular formula is C20H22ClN5.